The van der Waals surface area contributed by atoms with Crippen molar-refractivity contribution in [2.45, 2.75) is 13.8 Å². The summed E-state index contributed by atoms with van der Waals surface area (Å²) in [4.78, 5) is 29.0. The summed E-state index contributed by atoms with van der Waals surface area (Å²) >= 11 is 0. The summed E-state index contributed by atoms with van der Waals surface area (Å²) in [7, 11) is 0. The molecular weight excluding hydrogens is 490 g/mol. The van der Waals surface area contributed by atoms with Gasteiger partial charge in [0.15, 0.2) is 11.5 Å². The molecular formula is C32H27N3O4. The van der Waals surface area contributed by atoms with Crippen LogP contribution in [-0.4, -0.2) is 29.7 Å². The number of nitrogens with zero attached hydrogens (tertiary/aromatic N) is 1. The second-order valence-electron chi connectivity index (χ2n) is 8.88. The van der Waals surface area contributed by atoms with Gasteiger partial charge in [0.05, 0.1) is 18.4 Å². The molecule has 5 rings (SSSR count). The first-order chi connectivity index (χ1) is 19.0. The Labute approximate surface area is 226 Å². The lowest BCUT2D eigenvalue weighted by Crippen LogP contribution is -2.18. The number of ether oxygens (including phenoxy) is 2. The number of hydrogen-bond donors (Lipinski definition) is 2. The molecule has 0 bridgehead atoms. The number of nitrogens with one attached hydrogen (secondary N) is 2. The summed E-state index contributed by atoms with van der Waals surface area (Å²) in [5, 5.41) is 5.12. The average Bonchev–Trinajstić information content (AvgIpc) is 3.35. The zero-order valence-electron chi connectivity index (χ0n) is 21.6. The number of fused-ring (bicyclic) bond motifs is 1. The Bertz CT molecular complexity index is 1670. The van der Waals surface area contributed by atoms with Crippen LogP contribution in [0.1, 0.15) is 38.9 Å². The normalized spacial score (nSPS) is 11.0. The zero-order valence-corrected chi connectivity index (χ0v) is 21.6. The van der Waals surface area contributed by atoms with Crippen LogP contribution >= 0.6 is 0 Å². The Morgan fingerprint density at radius 1 is 0.897 bits per heavy atom. The molecule has 194 valence electrons. The third kappa shape index (κ3) is 5.72. The number of aromatic amines is 1. The van der Waals surface area contributed by atoms with Gasteiger partial charge in [-0.15, -0.1) is 0 Å². The van der Waals surface area contributed by atoms with E-state index in [0.29, 0.717) is 34.9 Å². The number of carbonyl (C=O) groups excluding carboxylic acids is 2. The lowest BCUT2D eigenvalue weighted by Gasteiger charge is -2.11. The number of carbonyl (C=O) groups is 2. The maximum atomic E-state index is 13.2. The average molecular weight is 518 g/mol. The monoisotopic (exact) mass is 517 g/mol. The Kier molecular flexibility index (Phi) is 7.50. The van der Waals surface area contributed by atoms with Crippen LogP contribution in [0, 0.1) is 6.92 Å². The first kappa shape index (κ1) is 25.5. The number of H-pyrrole nitrogens is 1. The minimum absolute atomic E-state index is 0.301. The first-order valence-corrected chi connectivity index (χ1v) is 12.6. The number of esters is 1. The number of hydrazone groups is 1. The third-order valence-corrected chi connectivity index (χ3v) is 6.10. The summed E-state index contributed by atoms with van der Waals surface area (Å²) in [6.07, 6.45) is 1.51. The van der Waals surface area contributed by atoms with E-state index in [-0.39, 0.29) is 5.91 Å². The molecule has 0 fully saturated rings. The quantitative estimate of drug-likeness (QED) is 0.106. The molecule has 0 aliphatic heterocycles. The van der Waals surface area contributed by atoms with E-state index in [2.05, 4.69) is 15.5 Å². The number of hydrogen-bond acceptors (Lipinski definition) is 5. The van der Waals surface area contributed by atoms with Crippen molar-refractivity contribution in [2.24, 2.45) is 5.10 Å². The molecule has 0 unspecified atom stereocenters. The van der Waals surface area contributed by atoms with E-state index in [4.69, 9.17) is 9.47 Å². The lowest BCUT2D eigenvalue weighted by atomic mass is 10.0. The molecule has 7 heteroatoms. The molecule has 5 aromatic rings. The van der Waals surface area contributed by atoms with Gasteiger partial charge in [0.25, 0.3) is 5.91 Å². The molecule has 1 amide bonds. The highest BCUT2D eigenvalue weighted by atomic mass is 16.6. The standard InChI is InChI=1S/C32H27N3O4/c1-3-38-28-19-22(16-17-27(28)39-32(37)24-13-9-10-21(2)18-24)20-33-35-31(36)30-29(23-11-5-4-6-12-23)25-14-7-8-15-26(25)34-30/h4-20,34H,3H2,1-2H3,(H,35,36). The van der Waals surface area contributed by atoms with Gasteiger partial charge in [0.2, 0.25) is 0 Å². The molecule has 2 N–H and O–H groups in total. The molecule has 1 aromatic heterocycles. The Morgan fingerprint density at radius 2 is 1.69 bits per heavy atom. The topological polar surface area (TPSA) is 92.8 Å². The van der Waals surface area contributed by atoms with Crippen molar-refractivity contribution < 1.29 is 19.1 Å². The van der Waals surface area contributed by atoms with E-state index in [1.54, 1.807) is 30.3 Å². The third-order valence-electron chi connectivity index (χ3n) is 6.10. The summed E-state index contributed by atoms with van der Waals surface area (Å²) in [5.74, 6) is -0.137. The molecule has 0 spiro atoms. The van der Waals surface area contributed by atoms with Crippen molar-refractivity contribution in [3.8, 4) is 22.6 Å². The minimum Gasteiger partial charge on any atom is -0.490 e. The van der Waals surface area contributed by atoms with E-state index >= 15 is 0 Å². The van der Waals surface area contributed by atoms with Gasteiger partial charge in [-0.05, 0) is 61.4 Å². The van der Waals surface area contributed by atoms with Crippen molar-refractivity contribution in [1.29, 1.82) is 0 Å². The number of aryl methyl sites for hydroxylation is 1. The Balaban J connectivity index is 1.35. The molecule has 0 saturated heterocycles. The van der Waals surface area contributed by atoms with Crippen LogP contribution in [0.15, 0.2) is 102 Å². The van der Waals surface area contributed by atoms with Crippen molar-refractivity contribution in [1.82, 2.24) is 10.4 Å². The summed E-state index contributed by atoms with van der Waals surface area (Å²) < 4.78 is 11.3. The number of rotatable bonds is 8. The van der Waals surface area contributed by atoms with Crippen LogP contribution in [0.25, 0.3) is 22.0 Å². The van der Waals surface area contributed by atoms with E-state index in [0.717, 1.165) is 27.6 Å². The smallest absolute Gasteiger partial charge is 0.343 e. The molecule has 0 saturated carbocycles. The highest BCUT2D eigenvalue weighted by Crippen LogP contribution is 2.32. The van der Waals surface area contributed by atoms with Gasteiger partial charge < -0.3 is 14.5 Å². The molecule has 0 radical (unpaired) electrons. The van der Waals surface area contributed by atoms with Gasteiger partial charge in [-0.25, -0.2) is 10.2 Å². The van der Waals surface area contributed by atoms with Gasteiger partial charge in [0.1, 0.15) is 5.69 Å². The predicted octanol–water partition coefficient (Wildman–Crippen LogP) is 6.53. The highest BCUT2D eigenvalue weighted by Gasteiger charge is 2.19. The summed E-state index contributed by atoms with van der Waals surface area (Å²) in [6, 6.07) is 29.8. The van der Waals surface area contributed by atoms with Crippen LogP contribution < -0.4 is 14.9 Å². The lowest BCUT2D eigenvalue weighted by molar-refractivity contribution is 0.0728. The molecule has 4 aromatic carbocycles. The fourth-order valence-electron chi connectivity index (χ4n) is 4.33. The molecule has 7 nitrogen and oxygen atoms in total. The molecule has 1 heterocycles. The second kappa shape index (κ2) is 11.5. The van der Waals surface area contributed by atoms with E-state index in [1.807, 2.05) is 80.6 Å². The molecule has 0 aliphatic rings. The maximum Gasteiger partial charge on any atom is 0.343 e. The van der Waals surface area contributed by atoms with Crippen LogP contribution in [-0.2, 0) is 0 Å². The molecule has 0 atom stereocenters. The van der Waals surface area contributed by atoms with Gasteiger partial charge in [0, 0.05) is 16.5 Å². The van der Waals surface area contributed by atoms with Crippen molar-refractivity contribution in [3.05, 3.63) is 119 Å². The van der Waals surface area contributed by atoms with Crippen molar-refractivity contribution in [3.63, 3.8) is 0 Å². The van der Waals surface area contributed by atoms with Gasteiger partial charge in [-0.3, -0.25) is 4.79 Å². The zero-order chi connectivity index (χ0) is 27.2. The Morgan fingerprint density at radius 3 is 2.49 bits per heavy atom. The number of amides is 1. The fourth-order valence-corrected chi connectivity index (χ4v) is 4.33. The summed E-state index contributed by atoms with van der Waals surface area (Å²) in [5.41, 5.74) is 7.73. The van der Waals surface area contributed by atoms with Gasteiger partial charge in [-0.2, -0.15) is 5.10 Å². The number of benzene rings is 4. The Hall–Kier alpha value is -5.17. The maximum absolute atomic E-state index is 13.2. The van der Waals surface area contributed by atoms with Gasteiger partial charge in [-0.1, -0.05) is 66.2 Å². The van der Waals surface area contributed by atoms with Crippen LogP contribution in [0.3, 0.4) is 0 Å². The first-order valence-electron chi connectivity index (χ1n) is 12.6. The fraction of sp³-hybridized carbons (Fsp3) is 0.0938. The molecule has 0 aliphatic carbocycles. The predicted molar refractivity (Wildman–Crippen MR) is 153 cm³/mol. The van der Waals surface area contributed by atoms with Gasteiger partial charge >= 0.3 is 5.97 Å². The second-order valence-corrected chi connectivity index (χ2v) is 8.88. The number of para-hydroxylation sites is 1. The van der Waals surface area contributed by atoms with Crippen LogP contribution in [0.2, 0.25) is 0 Å². The van der Waals surface area contributed by atoms with Crippen molar-refractivity contribution >= 4 is 29.0 Å². The largest absolute Gasteiger partial charge is 0.490 e. The van der Waals surface area contributed by atoms with E-state index in [9.17, 15) is 9.59 Å². The van der Waals surface area contributed by atoms with E-state index < -0.39 is 5.97 Å². The SMILES string of the molecule is CCOc1cc(C=NNC(=O)c2[nH]c3ccccc3c2-c2ccccc2)ccc1OC(=O)c1cccc(C)c1. The molecule has 39 heavy (non-hydrogen) atoms. The summed E-state index contributed by atoms with van der Waals surface area (Å²) in [6.45, 7) is 4.14. The number of aromatic nitrogens is 1. The minimum atomic E-state index is -0.471. The van der Waals surface area contributed by atoms with Crippen molar-refractivity contribution in [2.75, 3.05) is 6.61 Å². The van der Waals surface area contributed by atoms with Crippen LogP contribution in [0.4, 0.5) is 0 Å². The van der Waals surface area contributed by atoms with E-state index in [1.165, 1.54) is 6.21 Å². The van der Waals surface area contributed by atoms with Crippen LogP contribution in [0.5, 0.6) is 11.5 Å². The highest BCUT2D eigenvalue weighted by molar-refractivity contribution is 6.09.